The topological polar surface area (TPSA) is 66.8 Å². The first-order valence-corrected chi connectivity index (χ1v) is 12.7. The fourth-order valence-electron chi connectivity index (χ4n) is 6.12. The van der Waals surface area contributed by atoms with Gasteiger partial charge in [-0.05, 0) is 67.5 Å². The fraction of sp³-hybridized carbons (Fsp3) is 0.400. The summed E-state index contributed by atoms with van der Waals surface area (Å²) < 4.78 is 20.0. The Bertz CT molecular complexity index is 1250. The van der Waals surface area contributed by atoms with Crippen LogP contribution >= 0.6 is 0 Å². The third-order valence-corrected chi connectivity index (χ3v) is 7.84. The number of para-hydroxylation sites is 1. The molecular weight excluding hydrogens is 457 g/mol. The van der Waals surface area contributed by atoms with Crippen molar-refractivity contribution >= 4 is 23.6 Å². The number of allylic oxidation sites excluding steroid dienone is 2. The van der Waals surface area contributed by atoms with Crippen molar-refractivity contribution in [2.24, 2.45) is 23.7 Å². The lowest BCUT2D eigenvalue weighted by Crippen LogP contribution is -2.35. The number of ether oxygens (including phenoxy) is 1. The maximum Gasteiger partial charge on any atom is 0.238 e. The molecule has 0 radical (unpaired) electrons. The smallest absolute Gasteiger partial charge is 0.238 e. The first-order valence-electron chi connectivity index (χ1n) is 12.7. The van der Waals surface area contributed by atoms with Crippen LogP contribution in [0.1, 0.15) is 45.6 Å². The van der Waals surface area contributed by atoms with Crippen molar-refractivity contribution in [3.63, 3.8) is 0 Å². The highest BCUT2D eigenvalue weighted by molar-refractivity contribution is 6.22. The van der Waals surface area contributed by atoms with Crippen LogP contribution in [0.5, 0.6) is 5.75 Å². The lowest BCUT2D eigenvalue weighted by atomic mass is 9.67. The molecule has 0 saturated carbocycles. The summed E-state index contributed by atoms with van der Waals surface area (Å²) in [6.07, 6.45) is 3.94. The maximum absolute atomic E-state index is 13.7. The van der Waals surface area contributed by atoms with Gasteiger partial charge in [-0.1, -0.05) is 55.3 Å². The summed E-state index contributed by atoms with van der Waals surface area (Å²) in [6.45, 7) is 6.75. The van der Waals surface area contributed by atoms with E-state index in [1.165, 1.54) is 28.2 Å². The predicted octanol–water partition coefficient (Wildman–Crippen LogP) is 5.89. The van der Waals surface area contributed by atoms with Crippen LogP contribution in [0, 0.1) is 29.5 Å². The number of nitrogens with zero attached hydrogens (tertiary/aromatic N) is 1. The Morgan fingerprint density at radius 2 is 1.89 bits per heavy atom. The van der Waals surface area contributed by atoms with E-state index in [0.29, 0.717) is 24.3 Å². The Balaban J connectivity index is 1.37. The number of rotatable bonds is 6. The molecule has 4 atom stereocenters. The predicted molar refractivity (Wildman–Crippen MR) is 137 cm³/mol. The summed E-state index contributed by atoms with van der Waals surface area (Å²) in [6, 6.07) is 13.6. The van der Waals surface area contributed by atoms with E-state index in [-0.39, 0.29) is 47.3 Å². The summed E-state index contributed by atoms with van der Waals surface area (Å²) in [5, 5.41) is 9.42. The first-order chi connectivity index (χ1) is 17.3. The van der Waals surface area contributed by atoms with Gasteiger partial charge in [-0.2, -0.15) is 0 Å². The SMILES string of the molecule is C/C(=C\c1ccc(O)c(F)c1)CC[C@H]1OC[C@H]2C1=C(C(C)C)C[C@H]1C(=O)N(c3ccccc3)C(=O)[C@H]12. The van der Waals surface area contributed by atoms with E-state index in [4.69, 9.17) is 4.74 Å². The summed E-state index contributed by atoms with van der Waals surface area (Å²) in [5.74, 6) is -1.74. The fourth-order valence-corrected chi connectivity index (χ4v) is 6.12. The molecule has 2 aromatic rings. The van der Waals surface area contributed by atoms with Crippen molar-refractivity contribution in [2.45, 2.75) is 46.1 Å². The van der Waals surface area contributed by atoms with Crippen LogP contribution in [0.4, 0.5) is 10.1 Å². The molecule has 0 spiro atoms. The first kappa shape index (κ1) is 24.4. The summed E-state index contributed by atoms with van der Waals surface area (Å²) in [7, 11) is 0. The van der Waals surface area contributed by atoms with Gasteiger partial charge in [0.25, 0.3) is 0 Å². The van der Waals surface area contributed by atoms with Gasteiger partial charge in [0.05, 0.1) is 30.2 Å². The van der Waals surface area contributed by atoms with Crippen LogP contribution in [0.3, 0.4) is 0 Å². The molecule has 5 nitrogen and oxygen atoms in total. The lowest BCUT2D eigenvalue weighted by Gasteiger charge is -2.33. The van der Waals surface area contributed by atoms with E-state index in [2.05, 4.69) is 13.8 Å². The summed E-state index contributed by atoms with van der Waals surface area (Å²) in [5.41, 5.74) is 4.88. The molecule has 2 aromatic carbocycles. The third-order valence-electron chi connectivity index (χ3n) is 7.84. The van der Waals surface area contributed by atoms with E-state index >= 15 is 0 Å². The molecule has 2 fully saturated rings. The molecule has 36 heavy (non-hydrogen) atoms. The second-order valence-corrected chi connectivity index (χ2v) is 10.5. The molecule has 2 amide bonds. The minimum Gasteiger partial charge on any atom is -0.505 e. The van der Waals surface area contributed by atoms with Gasteiger partial charge in [0.2, 0.25) is 11.8 Å². The van der Waals surface area contributed by atoms with Crippen LogP contribution in [0.2, 0.25) is 0 Å². The van der Waals surface area contributed by atoms with Gasteiger partial charge < -0.3 is 9.84 Å². The van der Waals surface area contributed by atoms with Crippen molar-refractivity contribution < 1.29 is 23.8 Å². The largest absolute Gasteiger partial charge is 0.505 e. The van der Waals surface area contributed by atoms with E-state index in [1.54, 1.807) is 6.07 Å². The molecular formula is C30H32FNO4. The molecule has 2 heterocycles. The number of aromatic hydroxyl groups is 1. The number of carbonyl (C=O) groups excluding carboxylic acids is 2. The van der Waals surface area contributed by atoms with Gasteiger partial charge in [-0.25, -0.2) is 4.39 Å². The molecule has 0 aromatic heterocycles. The summed E-state index contributed by atoms with van der Waals surface area (Å²) >= 11 is 0. The number of phenolic OH excluding ortho intramolecular Hbond substituents is 1. The van der Waals surface area contributed by atoms with Gasteiger partial charge in [0, 0.05) is 5.92 Å². The number of imide groups is 1. The average Bonchev–Trinajstić information content (AvgIpc) is 3.38. The second-order valence-electron chi connectivity index (χ2n) is 10.5. The normalized spacial score (nSPS) is 26.1. The van der Waals surface area contributed by atoms with Gasteiger partial charge in [-0.3, -0.25) is 14.5 Å². The van der Waals surface area contributed by atoms with Crippen LogP contribution in [0.15, 0.2) is 65.3 Å². The molecule has 5 rings (SSSR count). The number of phenols is 1. The van der Waals surface area contributed by atoms with Crippen LogP contribution in [-0.2, 0) is 14.3 Å². The Morgan fingerprint density at radius 1 is 1.14 bits per heavy atom. The average molecular weight is 490 g/mol. The lowest BCUT2D eigenvalue weighted by molar-refractivity contribution is -0.122. The zero-order chi connectivity index (χ0) is 25.6. The highest BCUT2D eigenvalue weighted by atomic mass is 19.1. The standard InChI is InChI=1S/C30H32FNO4/c1-17(2)21-15-22-28(30(35)32(29(22)34)20-7-5-4-6-8-20)23-16-36-26(27(21)23)12-9-18(3)13-19-10-11-25(33)24(31)14-19/h4-8,10-11,13-14,17,22-23,26,28,33H,9,12,15-16H2,1-3H3/b18-13+/t22-,23+,26-,28-/m1/s1. The molecule has 0 bridgehead atoms. The number of hydrogen-bond acceptors (Lipinski definition) is 4. The van der Waals surface area contributed by atoms with Crippen LogP contribution in [-0.4, -0.2) is 29.6 Å². The number of benzene rings is 2. The Hall–Kier alpha value is -3.25. The number of anilines is 1. The van der Waals surface area contributed by atoms with E-state index in [1.807, 2.05) is 43.3 Å². The number of hydrogen-bond donors (Lipinski definition) is 1. The quantitative estimate of drug-likeness (QED) is 0.406. The zero-order valence-electron chi connectivity index (χ0n) is 20.9. The molecule has 2 saturated heterocycles. The third kappa shape index (κ3) is 4.28. The van der Waals surface area contributed by atoms with Crippen molar-refractivity contribution in [3.8, 4) is 5.75 Å². The highest BCUT2D eigenvalue weighted by Crippen LogP contribution is 2.51. The van der Waals surface area contributed by atoms with Crippen molar-refractivity contribution in [2.75, 3.05) is 11.5 Å². The minimum atomic E-state index is -0.637. The maximum atomic E-state index is 13.7. The van der Waals surface area contributed by atoms with E-state index < -0.39 is 5.82 Å². The van der Waals surface area contributed by atoms with Crippen molar-refractivity contribution in [3.05, 3.63) is 76.6 Å². The van der Waals surface area contributed by atoms with E-state index in [9.17, 15) is 19.1 Å². The van der Waals surface area contributed by atoms with Crippen molar-refractivity contribution in [1.29, 1.82) is 0 Å². The van der Waals surface area contributed by atoms with Gasteiger partial charge in [-0.15, -0.1) is 0 Å². The van der Waals surface area contributed by atoms with Crippen molar-refractivity contribution in [1.82, 2.24) is 0 Å². The molecule has 3 aliphatic rings. The van der Waals surface area contributed by atoms with Gasteiger partial charge >= 0.3 is 0 Å². The number of carbonyl (C=O) groups is 2. The molecule has 0 unspecified atom stereocenters. The van der Waals surface area contributed by atoms with Crippen LogP contribution < -0.4 is 4.90 Å². The zero-order valence-corrected chi connectivity index (χ0v) is 20.9. The minimum absolute atomic E-state index is 0.0770. The number of fused-ring (bicyclic) bond motifs is 3. The van der Waals surface area contributed by atoms with E-state index in [0.717, 1.165) is 18.4 Å². The Labute approximate surface area is 211 Å². The molecule has 1 N–H and O–H groups in total. The molecule has 6 heteroatoms. The van der Waals surface area contributed by atoms with Gasteiger partial charge in [0.1, 0.15) is 0 Å². The summed E-state index contributed by atoms with van der Waals surface area (Å²) in [4.78, 5) is 28.4. The Morgan fingerprint density at radius 3 is 2.58 bits per heavy atom. The molecule has 1 aliphatic carbocycles. The molecule has 2 aliphatic heterocycles. The molecule has 188 valence electrons. The second kappa shape index (κ2) is 9.66. The van der Waals surface area contributed by atoms with Crippen LogP contribution in [0.25, 0.3) is 6.08 Å². The number of halogens is 1. The van der Waals surface area contributed by atoms with Gasteiger partial charge in [0.15, 0.2) is 11.6 Å². The monoisotopic (exact) mass is 489 g/mol. The Kier molecular flexibility index (Phi) is 6.56. The highest BCUT2D eigenvalue weighted by Gasteiger charge is 2.57. The number of amides is 2.